The zero-order valence-electron chi connectivity index (χ0n) is 8.12. The molecule has 0 rings (SSSR count). The molecule has 0 amide bonds. The van der Waals surface area contributed by atoms with E-state index in [1.54, 1.807) is 0 Å². The third-order valence-corrected chi connectivity index (χ3v) is 2.13. The fourth-order valence-electron chi connectivity index (χ4n) is 0.950. The second-order valence-electron chi connectivity index (χ2n) is 2.95. The molecule has 0 aliphatic carbocycles. The highest BCUT2D eigenvalue weighted by atomic mass is 32.2. The molecule has 0 fully saturated rings. The van der Waals surface area contributed by atoms with Crippen molar-refractivity contribution in [2.75, 3.05) is 6.26 Å². The van der Waals surface area contributed by atoms with E-state index in [0.717, 1.165) is 25.5 Å². The Morgan fingerprint density at radius 3 is 2.46 bits per heavy atom. The molecule has 3 nitrogen and oxygen atoms in total. The largest absolute Gasteiger partial charge is 0.265 e. The van der Waals surface area contributed by atoms with E-state index in [2.05, 4.69) is 17.0 Å². The van der Waals surface area contributed by atoms with Crippen molar-refractivity contribution in [1.82, 2.24) is 0 Å². The summed E-state index contributed by atoms with van der Waals surface area (Å²) < 4.78 is 26.1. The molecule has 0 spiro atoms. The highest BCUT2D eigenvalue weighted by Gasteiger charge is 2.11. The molecule has 0 aromatic carbocycles. The van der Waals surface area contributed by atoms with E-state index in [-0.39, 0.29) is 0 Å². The predicted octanol–water partition coefficient (Wildman–Crippen LogP) is 1.54. The fraction of sp³-hybridized carbons (Fsp3) is 0.778. The topological polar surface area (TPSA) is 43.4 Å². The quantitative estimate of drug-likeness (QED) is 0.374. The molecule has 4 heteroatoms. The summed E-state index contributed by atoms with van der Waals surface area (Å²) in [6.45, 7) is 2.07. The van der Waals surface area contributed by atoms with E-state index < -0.39 is 16.2 Å². The standard InChI is InChI=1S/C9H16O3S/c1-4-6-7-8-9(5-2)12-13(3,10)11/h2,9H,4,6-8H2,1,3H3/t9-/m1/s1. The SMILES string of the molecule is C#C[C@H](CCCCC)OS(C)(=O)=O. The minimum absolute atomic E-state index is 0.596. The predicted molar refractivity (Wildman–Crippen MR) is 52.7 cm³/mol. The van der Waals surface area contributed by atoms with Gasteiger partial charge in [-0.05, 0) is 12.8 Å². The van der Waals surface area contributed by atoms with Crippen molar-refractivity contribution < 1.29 is 12.6 Å². The zero-order chi connectivity index (χ0) is 10.3. The summed E-state index contributed by atoms with van der Waals surface area (Å²) >= 11 is 0. The third-order valence-electron chi connectivity index (χ3n) is 1.55. The zero-order valence-corrected chi connectivity index (χ0v) is 8.93. The summed E-state index contributed by atoms with van der Waals surface area (Å²) in [6, 6.07) is 0. The van der Waals surface area contributed by atoms with Crippen molar-refractivity contribution in [3.8, 4) is 12.3 Å². The molecular weight excluding hydrogens is 188 g/mol. The smallest absolute Gasteiger partial charge is 0.254 e. The normalized spacial score (nSPS) is 13.6. The maximum Gasteiger partial charge on any atom is 0.265 e. The van der Waals surface area contributed by atoms with E-state index in [4.69, 9.17) is 6.42 Å². The lowest BCUT2D eigenvalue weighted by Gasteiger charge is -2.08. The van der Waals surface area contributed by atoms with Crippen LogP contribution in [0.5, 0.6) is 0 Å². The molecule has 0 aromatic rings. The summed E-state index contributed by atoms with van der Waals surface area (Å²) in [6.07, 6.45) is 9.18. The number of unbranched alkanes of at least 4 members (excludes halogenated alkanes) is 2. The number of terminal acetylenes is 1. The van der Waals surface area contributed by atoms with E-state index in [1.807, 2.05) is 0 Å². The van der Waals surface area contributed by atoms with E-state index >= 15 is 0 Å². The maximum absolute atomic E-state index is 10.7. The van der Waals surface area contributed by atoms with Gasteiger partial charge in [-0.1, -0.05) is 25.7 Å². The van der Waals surface area contributed by atoms with Crippen LogP contribution in [0.3, 0.4) is 0 Å². The van der Waals surface area contributed by atoms with Gasteiger partial charge in [0.25, 0.3) is 10.1 Å². The number of hydrogen-bond acceptors (Lipinski definition) is 3. The first-order valence-electron chi connectivity index (χ1n) is 4.34. The van der Waals surface area contributed by atoms with Gasteiger partial charge in [0.2, 0.25) is 0 Å². The van der Waals surface area contributed by atoms with Crippen LogP contribution in [0.15, 0.2) is 0 Å². The molecule has 0 aliphatic rings. The van der Waals surface area contributed by atoms with Gasteiger partial charge in [0.05, 0.1) is 6.26 Å². The molecule has 1 atom stereocenters. The van der Waals surface area contributed by atoms with Crippen molar-refractivity contribution in [1.29, 1.82) is 0 Å². The molecule has 0 aliphatic heterocycles. The van der Waals surface area contributed by atoms with Gasteiger partial charge in [0.1, 0.15) is 6.10 Å². The van der Waals surface area contributed by atoms with Gasteiger partial charge < -0.3 is 0 Å². The minimum Gasteiger partial charge on any atom is -0.254 e. The first-order valence-corrected chi connectivity index (χ1v) is 6.15. The first-order chi connectivity index (χ1) is 5.99. The van der Waals surface area contributed by atoms with E-state index in [0.29, 0.717) is 6.42 Å². The third kappa shape index (κ3) is 7.82. The second-order valence-corrected chi connectivity index (χ2v) is 4.55. The lowest BCUT2D eigenvalue weighted by atomic mass is 10.1. The van der Waals surface area contributed by atoms with Gasteiger partial charge in [0, 0.05) is 0 Å². The summed E-state index contributed by atoms with van der Waals surface area (Å²) in [4.78, 5) is 0. The molecule has 0 heterocycles. The van der Waals surface area contributed by atoms with Crippen LogP contribution in [0.4, 0.5) is 0 Å². The Hall–Kier alpha value is -0.530. The Morgan fingerprint density at radius 2 is 2.08 bits per heavy atom. The molecular formula is C9H16O3S. The summed E-state index contributed by atoms with van der Waals surface area (Å²) in [5.74, 6) is 2.32. The lowest BCUT2D eigenvalue weighted by Crippen LogP contribution is -2.15. The van der Waals surface area contributed by atoms with Gasteiger partial charge in [-0.2, -0.15) is 8.42 Å². The molecule has 0 saturated carbocycles. The average molecular weight is 204 g/mol. The Bertz CT molecular complexity index is 261. The van der Waals surface area contributed by atoms with Gasteiger partial charge in [-0.25, -0.2) is 0 Å². The van der Waals surface area contributed by atoms with Crippen molar-refractivity contribution in [2.45, 2.75) is 38.7 Å². The van der Waals surface area contributed by atoms with Crippen LogP contribution in [0.25, 0.3) is 0 Å². The minimum atomic E-state index is -3.42. The molecule has 0 aromatic heterocycles. The van der Waals surface area contributed by atoms with Crippen LogP contribution in [0.2, 0.25) is 0 Å². The maximum atomic E-state index is 10.7. The van der Waals surface area contributed by atoms with Crippen molar-refractivity contribution in [2.24, 2.45) is 0 Å². The average Bonchev–Trinajstić information content (AvgIpc) is 2.01. The van der Waals surface area contributed by atoms with Crippen LogP contribution in [-0.2, 0) is 14.3 Å². The van der Waals surface area contributed by atoms with Crippen molar-refractivity contribution in [3.05, 3.63) is 0 Å². The monoisotopic (exact) mass is 204 g/mol. The lowest BCUT2D eigenvalue weighted by molar-refractivity contribution is 0.251. The van der Waals surface area contributed by atoms with Crippen LogP contribution >= 0.6 is 0 Å². The molecule has 0 saturated heterocycles. The summed E-state index contributed by atoms with van der Waals surface area (Å²) in [5.41, 5.74) is 0. The first kappa shape index (κ1) is 12.5. The Kier molecular flexibility index (Phi) is 5.76. The Balaban J connectivity index is 3.86. The highest BCUT2D eigenvalue weighted by Crippen LogP contribution is 2.07. The number of rotatable bonds is 6. The van der Waals surface area contributed by atoms with Crippen LogP contribution in [-0.4, -0.2) is 20.8 Å². The molecule has 0 unspecified atom stereocenters. The van der Waals surface area contributed by atoms with Crippen LogP contribution < -0.4 is 0 Å². The molecule has 0 N–H and O–H groups in total. The molecule has 0 bridgehead atoms. The van der Waals surface area contributed by atoms with Gasteiger partial charge >= 0.3 is 0 Å². The second kappa shape index (κ2) is 6.01. The summed E-state index contributed by atoms with van der Waals surface area (Å²) in [5, 5.41) is 0. The van der Waals surface area contributed by atoms with Gasteiger partial charge in [-0.3, -0.25) is 4.18 Å². The summed E-state index contributed by atoms with van der Waals surface area (Å²) in [7, 11) is -3.42. The van der Waals surface area contributed by atoms with Crippen molar-refractivity contribution in [3.63, 3.8) is 0 Å². The van der Waals surface area contributed by atoms with E-state index in [1.165, 1.54) is 0 Å². The Morgan fingerprint density at radius 1 is 1.46 bits per heavy atom. The van der Waals surface area contributed by atoms with Gasteiger partial charge in [-0.15, -0.1) is 6.42 Å². The van der Waals surface area contributed by atoms with Crippen molar-refractivity contribution >= 4 is 10.1 Å². The molecule has 0 radical (unpaired) electrons. The molecule has 13 heavy (non-hydrogen) atoms. The van der Waals surface area contributed by atoms with Crippen LogP contribution in [0.1, 0.15) is 32.6 Å². The van der Waals surface area contributed by atoms with Crippen LogP contribution in [0, 0.1) is 12.3 Å². The fourth-order valence-corrected chi connectivity index (χ4v) is 1.52. The highest BCUT2D eigenvalue weighted by molar-refractivity contribution is 7.86. The molecule has 76 valence electrons. The van der Waals surface area contributed by atoms with Gasteiger partial charge in [0.15, 0.2) is 0 Å². The number of hydrogen-bond donors (Lipinski definition) is 0. The Labute approximate surface area is 80.6 Å². The van der Waals surface area contributed by atoms with E-state index in [9.17, 15) is 8.42 Å².